The lowest BCUT2D eigenvalue weighted by Gasteiger charge is -2.13. The molecule has 1 fully saturated rings. The molecule has 2 aromatic carbocycles. The van der Waals surface area contributed by atoms with Gasteiger partial charge >= 0.3 is 12.1 Å². The number of carbonyl (C=O) groups is 2. The molecular formula is C17H15NO4. The van der Waals surface area contributed by atoms with Crippen molar-refractivity contribution in [1.29, 1.82) is 0 Å². The Balaban J connectivity index is 1.83. The van der Waals surface area contributed by atoms with E-state index in [0.717, 1.165) is 11.1 Å². The molecule has 3 rings (SSSR count). The lowest BCUT2D eigenvalue weighted by molar-refractivity contribution is 0.0697. The van der Waals surface area contributed by atoms with Crippen LogP contribution >= 0.6 is 0 Å². The van der Waals surface area contributed by atoms with E-state index in [1.165, 1.54) is 0 Å². The molecule has 1 N–H and O–H groups in total. The van der Waals surface area contributed by atoms with Crippen LogP contribution in [0.4, 0.5) is 4.79 Å². The number of carboxylic acids is 1. The van der Waals surface area contributed by atoms with Crippen LogP contribution in [0.25, 0.3) is 11.1 Å². The zero-order valence-corrected chi connectivity index (χ0v) is 11.9. The third kappa shape index (κ3) is 2.79. The summed E-state index contributed by atoms with van der Waals surface area (Å²) in [5.41, 5.74) is 2.78. The van der Waals surface area contributed by atoms with Crippen LogP contribution in [-0.2, 0) is 11.3 Å². The number of hydrogen-bond acceptors (Lipinski definition) is 3. The Bertz CT molecular complexity index is 709. The van der Waals surface area contributed by atoms with Crippen LogP contribution < -0.4 is 0 Å². The zero-order chi connectivity index (χ0) is 15.5. The normalized spacial score (nSPS) is 14.0. The second-order valence-electron chi connectivity index (χ2n) is 5.08. The lowest BCUT2D eigenvalue weighted by atomic mass is 9.99. The number of carboxylic acid groups (broad SMARTS) is 1. The first-order chi connectivity index (χ1) is 10.6. The average molecular weight is 297 g/mol. The van der Waals surface area contributed by atoms with Gasteiger partial charge in [0.15, 0.2) is 0 Å². The van der Waals surface area contributed by atoms with Crippen molar-refractivity contribution < 1.29 is 19.4 Å². The Morgan fingerprint density at radius 1 is 1.14 bits per heavy atom. The van der Waals surface area contributed by atoms with Gasteiger partial charge in [-0.25, -0.2) is 9.59 Å². The number of benzene rings is 2. The van der Waals surface area contributed by atoms with Crippen LogP contribution in [0.15, 0.2) is 48.5 Å². The van der Waals surface area contributed by atoms with Crippen molar-refractivity contribution >= 4 is 12.1 Å². The molecule has 0 spiro atoms. The summed E-state index contributed by atoms with van der Waals surface area (Å²) in [7, 11) is 0. The van der Waals surface area contributed by atoms with Crippen LogP contribution in [0.1, 0.15) is 15.9 Å². The van der Waals surface area contributed by atoms with Gasteiger partial charge in [0.25, 0.3) is 0 Å². The molecule has 0 unspecified atom stereocenters. The standard InChI is InChI=1S/C17H15NO4/c19-16(20)15-4-2-1-3-14(15)13-7-5-12(6-8-13)11-18-9-10-22-17(18)21/h1-8H,9-11H2,(H,19,20). The maximum Gasteiger partial charge on any atom is 0.410 e. The highest BCUT2D eigenvalue weighted by atomic mass is 16.6. The van der Waals surface area contributed by atoms with Gasteiger partial charge in [0.05, 0.1) is 12.1 Å². The predicted molar refractivity (Wildman–Crippen MR) is 80.6 cm³/mol. The molecule has 0 aromatic heterocycles. The number of cyclic esters (lactones) is 1. The summed E-state index contributed by atoms with van der Waals surface area (Å²) in [5, 5.41) is 9.24. The van der Waals surface area contributed by atoms with Crippen LogP contribution in [-0.4, -0.2) is 35.2 Å². The first-order valence-corrected chi connectivity index (χ1v) is 6.98. The van der Waals surface area contributed by atoms with E-state index in [1.807, 2.05) is 30.3 Å². The number of carbonyl (C=O) groups excluding carboxylic acids is 1. The fourth-order valence-corrected chi connectivity index (χ4v) is 2.50. The first-order valence-electron chi connectivity index (χ1n) is 6.98. The van der Waals surface area contributed by atoms with Crippen molar-refractivity contribution in [2.24, 2.45) is 0 Å². The van der Waals surface area contributed by atoms with Crippen LogP contribution in [0.3, 0.4) is 0 Å². The SMILES string of the molecule is O=C(O)c1ccccc1-c1ccc(CN2CCOC2=O)cc1. The molecule has 22 heavy (non-hydrogen) atoms. The van der Waals surface area contributed by atoms with Gasteiger partial charge in [0.1, 0.15) is 6.61 Å². The largest absolute Gasteiger partial charge is 0.478 e. The van der Waals surface area contributed by atoms with E-state index in [-0.39, 0.29) is 11.7 Å². The monoisotopic (exact) mass is 297 g/mol. The number of amides is 1. The van der Waals surface area contributed by atoms with Crippen molar-refractivity contribution in [3.63, 3.8) is 0 Å². The molecule has 1 aliphatic rings. The highest BCUT2D eigenvalue weighted by Gasteiger charge is 2.21. The van der Waals surface area contributed by atoms with Gasteiger partial charge < -0.3 is 14.7 Å². The molecule has 1 heterocycles. The van der Waals surface area contributed by atoms with Crippen molar-refractivity contribution in [2.45, 2.75) is 6.54 Å². The van der Waals surface area contributed by atoms with Crippen molar-refractivity contribution in [3.05, 3.63) is 59.7 Å². The number of aromatic carboxylic acids is 1. The molecule has 0 bridgehead atoms. The van der Waals surface area contributed by atoms with Gasteiger partial charge in [-0.15, -0.1) is 0 Å². The van der Waals surface area contributed by atoms with E-state index < -0.39 is 5.97 Å². The molecule has 0 atom stereocenters. The molecule has 112 valence electrons. The minimum atomic E-state index is -0.945. The fourth-order valence-electron chi connectivity index (χ4n) is 2.50. The van der Waals surface area contributed by atoms with Gasteiger partial charge in [0, 0.05) is 6.54 Å². The number of ether oxygens (including phenoxy) is 1. The van der Waals surface area contributed by atoms with Crippen LogP contribution in [0.5, 0.6) is 0 Å². The zero-order valence-electron chi connectivity index (χ0n) is 11.9. The molecule has 5 heteroatoms. The van der Waals surface area contributed by atoms with Crippen LogP contribution in [0.2, 0.25) is 0 Å². The molecule has 0 aliphatic carbocycles. The topological polar surface area (TPSA) is 66.8 Å². The van der Waals surface area contributed by atoms with E-state index in [4.69, 9.17) is 4.74 Å². The molecule has 0 saturated carbocycles. The Morgan fingerprint density at radius 2 is 1.86 bits per heavy atom. The highest BCUT2D eigenvalue weighted by Crippen LogP contribution is 2.24. The third-order valence-electron chi connectivity index (χ3n) is 3.64. The maximum absolute atomic E-state index is 11.4. The Hall–Kier alpha value is -2.82. The molecular weight excluding hydrogens is 282 g/mol. The van der Waals surface area contributed by atoms with E-state index in [9.17, 15) is 14.7 Å². The quantitative estimate of drug-likeness (QED) is 0.942. The Morgan fingerprint density at radius 3 is 2.50 bits per heavy atom. The van der Waals surface area contributed by atoms with Gasteiger partial charge in [-0.3, -0.25) is 0 Å². The molecule has 1 amide bonds. The number of rotatable bonds is 4. The lowest BCUT2D eigenvalue weighted by Crippen LogP contribution is -2.23. The summed E-state index contributed by atoms with van der Waals surface area (Å²) in [6.07, 6.45) is -0.291. The molecule has 1 aliphatic heterocycles. The van der Waals surface area contributed by atoms with Crippen molar-refractivity contribution in [2.75, 3.05) is 13.2 Å². The smallest absolute Gasteiger partial charge is 0.410 e. The van der Waals surface area contributed by atoms with Gasteiger partial charge in [-0.2, -0.15) is 0 Å². The summed E-state index contributed by atoms with van der Waals surface area (Å²) in [6, 6.07) is 14.5. The summed E-state index contributed by atoms with van der Waals surface area (Å²) < 4.78 is 4.89. The number of nitrogens with zero attached hydrogens (tertiary/aromatic N) is 1. The van der Waals surface area contributed by atoms with Gasteiger partial charge in [0.2, 0.25) is 0 Å². The Kier molecular flexibility index (Phi) is 3.78. The predicted octanol–water partition coefficient (Wildman–Crippen LogP) is 3.00. The van der Waals surface area contributed by atoms with Crippen molar-refractivity contribution in [1.82, 2.24) is 4.90 Å². The summed E-state index contributed by atoms with van der Waals surface area (Å²) in [6.45, 7) is 1.53. The Labute approximate surface area is 127 Å². The highest BCUT2D eigenvalue weighted by molar-refractivity contribution is 5.95. The van der Waals surface area contributed by atoms with E-state index in [0.29, 0.717) is 25.3 Å². The molecule has 5 nitrogen and oxygen atoms in total. The second-order valence-corrected chi connectivity index (χ2v) is 5.08. The fraction of sp³-hybridized carbons (Fsp3) is 0.176. The minimum absolute atomic E-state index is 0.276. The van der Waals surface area contributed by atoms with Gasteiger partial charge in [-0.1, -0.05) is 42.5 Å². The summed E-state index contributed by atoms with van der Waals surface area (Å²) in [4.78, 5) is 24.3. The number of hydrogen-bond donors (Lipinski definition) is 1. The molecule has 1 saturated heterocycles. The third-order valence-corrected chi connectivity index (χ3v) is 3.64. The van der Waals surface area contributed by atoms with E-state index in [2.05, 4.69) is 0 Å². The minimum Gasteiger partial charge on any atom is -0.478 e. The molecule has 0 radical (unpaired) electrons. The maximum atomic E-state index is 11.4. The van der Waals surface area contributed by atoms with Crippen molar-refractivity contribution in [3.8, 4) is 11.1 Å². The van der Waals surface area contributed by atoms with E-state index in [1.54, 1.807) is 23.1 Å². The molecule has 2 aromatic rings. The van der Waals surface area contributed by atoms with E-state index >= 15 is 0 Å². The summed E-state index contributed by atoms with van der Waals surface area (Å²) in [5.74, 6) is -0.945. The average Bonchev–Trinajstić information content (AvgIpc) is 2.93. The first kappa shape index (κ1) is 14.1. The van der Waals surface area contributed by atoms with Crippen LogP contribution in [0, 0.1) is 0 Å². The second kappa shape index (κ2) is 5.89. The summed E-state index contributed by atoms with van der Waals surface area (Å²) >= 11 is 0. The van der Waals surface area contributed by atoms with Gasteiger partial charge in [-0.05, 0) is 22.8 Å².